The number of sulfone groups is 1. The van der Waals surface area contributed by atoms with Crippen LogP contribution < -0.4 is 0 Å². The largest absolute Gasteiger partial charge is 0.380 e. The van der Waals surface area contributed by atoms with E-state index in [1.54, 1.807) is 0 Å². The Bertz CT molecular complexity index is 157. The first-order chi connectivity index (χ1) is 4.21. The summed E-state index contributed by atoms with van der Waals surface area (Å²) < 4.78 is 26.5. The molecule has 1 heterocycles. The zero-order chi connectivity index (χ0) is 6.74. The van der Waals surface area contributed by atoms with E-state index in [-0.39, 0.29) is 5.75 Å². The maximum absolute atomic E-state index is 10.8. The van der Waals surface area contributed by atoms with Gasteiger partial charge in [-0.25, -0.2) is 8.42 Å². The van der Waals surface area contributed by atoms with Crippen molar-refractivity contribution >= 4 is 9.84 Å². The van der Waals surface area contributed by atoms with Gasteiger partial charge in [-0.2, -0.15) is 0 Å². The number of hydrogen-bond acceptors (Lipinski definition) is 3. The summed E-state index contributed by atoms with van der Waals surface area (Å²) in [5.74, 6) is 0.500. The lowest BCUT2D eigenvalue weighted by atomic mass is 10.5. The molecular formula is C5H10O3S. The summed E-state index contributed by atoms with van der Waals surface area (Å²) in [4.78, 5) is 0. The molecule has 0 amide bonds. The van der Waals surface area contributed by atoms with Gasteiger partial charge in [0.15, 0.2) is 9.84 Å². The first-order valence-corrected chi connectivity index (χ1v) is 4.81. The smallest absolute Gasteiger partial charge is 0.152 e. The van der Waals surface area contributed by atoms with Gasteiger partial charge in [-0.05, 0) is 6.42 Å². The van der Waals surface area contributed by atoms with E-state index in [1.165, 1.54) is 0 Å². The summed E-state index contributed by atoms with van der Waals surface area (Å²) >= 11 is 0. The lowest BCUT2D eigenvalue weighted by Crippen LogP contribution is -2.10. The minimum Gasteiger partial charge on any atom is -0.380 e. The van der Waals surface area contributed by atoms with Crippen molar-refractivity contribution in [1.82, 2.24) is 0 Å². The molecule has 1 fully saturated rings. The van der Waals surface area contributed by atoms with Crippen LogP contribution in [0.15, 0.2) is 0 Å². The molecule has 1 aliphatic rings. The van der Waals surface area contributed by atoms with E-state index in [0.717, 1.165) is 0 Å². The zero-order valence-corrected chi connectivity index (χ0v) is 5.99. The highest BCUT2D eigenvalue weighted by Crippen LogP contribution is 1.99. The molecule has 54 valence electrons. The van der Waals surface area contributed by atoms with Crippen LogP contribution in [0.3, 0.4) is 0 Å². The second kappa shape index (κ2) is 2.66. The van der Waals surface area contributed by atoms with Crippen molar-refractivity contribution in [2.24, 2.45) is 0 Å². The highest BCUT2D eigenvalue weighted by molar-refractivity contribution is 7.91. The Labute approximate surface area is 54.9 Å². The number of rotatable bonds is 0. The molecule has 3 nitrogen and oxygen atoms in total. The summed E-state index contributed by atoms with van der Waals surface area (Å²) in [6.07, 6.45) is 0.655. The minimum atomic E-state index is -2.74. The standard InChI is InChI=1S/C5H10O3S/c6-9(7)4-1-2-8-3-5-9/h1-5H2. The van der Waals surface area contributed by atoms with Gasteiger partial charge in [0.25, 0.3) is 0 Å². The van der Waals surface area contributed by atoms with Gasteiger partial charge in [0.05, 0.1) is 18.1 Å². The quantitative estimate of drug-likeness (QED) is 0.481. The molecule has 0 aromatic rings. The van der Waals surface area contributed by atoms with Gasteiger partial charge >= 0.3 is 0 Å². The van der Waals surface area contributed by atoms with Gasteiger partial charge in [-0.1, -0.05) is 0 Å². The predicted molar refractivity (Wildman–Crippen MR) is 34.1 cm³/mol. The van der Waals surface area contributed by atoms with Crippen LogP contribution >= 0.6 is 0 Å². The van der Waals surface area contributed by atoms with Crippen LogP contribution in [0.2, 0.25) is 0 Å². The lowest BCUT2D eigenvalue weighted by molar-refractivity contribution is 0.154. The third-order valence-electron chi connectivity index (χ3n) is 1.28. The first kappa shape index (κ1) is 7.02. The Hall–Kier alpha value is -0.0900. The molecule has 0 spiro atoms. The van der Waals surface area contributed by atoms with Crippen LogP contribution in [0.5, 0.6) is 0 Å². The van der Waals surface area contributed by atoms with E-state index in [0.29, 0.717) is 25.4 Å². The van der Waals surface area contributed by atoms with Crippen molar-refractivity contribution in [2.75, 3.05) is 24.7 Å². The normalized spacial score (nSPS) is 27.1. The minimum absolute atomic E-state index is 0.201. The van der Waals surface area contributed by atoms with Gasteiger partial charge in [0.2, 0.25) is 0 Å². The summed E-state index contributed by atoms with van der Waals surface area (Å²) in [6.45, 7) is 0.974. The fourth-order valence-corrected chi connectivity index (χ4v) is 1.90. The molecule has 1 saturated heterocycles. The Balaban J connectivity index is 2.56. The second-order valence-electron chi connectivity index (χ2n) is 2.12. The van der Waals surface area contributed by atoms with Crippen LogP contribution in [0.1, 0.15) is 6.42 Å². The molecule has 1 rings (SSSR count). The highest BCUT2D eigenvalue weighted by Gasteiger charge is 2.13. The molecule has 0 bridgehead atoms. The average molecular weight is 150 g/mol. The van der Waals surface area contributed by atoms with Gasteiger partial charge in [-0.15, -0.1) is 0 Å². The van der Waals surface area contributed by atoms with Crippen LogP contribution in [0.4, 0.5) is 0 Å². The SMILES string of the molecule is O=S1(=O)CCCOCC1. The molecule has 4 heteroatoms. The van der Waals surface area contributed by atoms with Gasteiger partial charge in [0, 0.05) is 6.61 Å². The van der Waals surface area contributed by atoms with E-state index < -0.39 is 9.84 Å². The predicted octanol–water partition coefficient (Wildman–Crippen LogP) is -0.178. The Morgan fingerprint density at radius 2 is 1.89 bits per heavy atom. The molecule has 0 saturated carbocycles. The van der Waals surface area contributed by atoms with Crippen molar-refractivity contribution in [2.45, 2.75) is 6.42 Å². The fraction of sp³-hybridized carbons (Fsp3) is 1.00. The molecule has 0 aromatic carbocycles. The highest BCUT2D eigenvalue weighted by atomic mass is 32.2. The summed E-state index contributed by atoms with van der Waals surface area (Å²) in [6, 6.07) is 0. The van der Waals surface area contributed by atoms with Crippen molar-refractivity contribution in [3.63, 3.8) is 0 Å². The summed E-state index contributed by atoms with van der Waals surface area (Å²) in [5, 5.41) is 0. The molecule has 9 heavy (non-hydrogen) atoms. The van der Waals surface area contributed by atoms with Gasteiger partial charge in [0.1, 0.15) is 0 Å². The summed E-state index contributed by atoms with van der Waals surface area (Å²) in [7, 11) is -2.74. The topological polar surface area (TPSA) is 43.4 Å². The monoisotopic (exact) mass is 150 g/mol. The summed E-state index contributed by atoms with van der Waals surface area (Å²) in [5.41, 5.74) is 0. The third-order valence-corrected chi connectivity index (χ3v) is 2.98. The Morgan fingerprint density at radius 1 is 1.11 bits per heavy atom. The van der Waals surface area contributed by atoms with Gasteiger partial charge < -0.3 is 4.74 Å². The number of ether oxygens (including phenoxy) is 1. The van der Waals surface area contributed by atoms with Crippen molar-refractivity contribution in [3.05, 3.63) is 0 Å². The molecule has 0 aromatic heterocycles. The van der Waals surface area contributed by atoms with Crippen LogP contribution in [0.25, 0.3) is 0 Å². The van der Waals surface area contributed by atoms with Crippen LogP contribution in [-0.2, 0) is 14.6 Å². The average Bonchev–Trinajstić information content (AvgIpc) is 1.92. The first-order valence-electron chi connectivity index (χ1n) is 2.99. The van der Waals surface area contributed by atoms with Crippen molar-refractivity contribution < 1.29 is 13.2 Å². The molecule has 0 atom stereocenters. The molecular weight excluding hydrogens is 140 g/mol. The maximum Gasteiger partial charge on any atom is 0.152 e. The number of hydrogen-bond donors (Lipinski definition) is 0. The van der Waals surface area contributed by atoms with E-state index in [4.69, 9.17) is 4.74 Å². The van der Waals surface area contributed by atoms with E-state index in [2.05, 4.69) is 0 Å². The molecule has 0 N–H and O–H groups in total. The van der Waals surface area contributed by atoms with Gasteiger partial charge in [-0.3, -0.25) is 0 Å². The fourth-order valence-electron chi connectivity index (χ4n) is 0.771. The molecule has 0 aliphatic carbocycles. The maximum atomic E-state index is 10.8. The van der Waals surface area contributed by atoms with E-state index >= 15 is 0 Å². The molecule has 1 aliphatic heterocycles. The second-order valence-corrected chi connectivity index (χ2v) is 4.42. The molecule has 0 radical (unpaired) electrons. The lowest BCUT2D eigenvalue weighted by Gasteiger charge is -1.93. The Morgan fingerprint density at radius 3 is 2.67 bits per heavy atom. The van der Waals surface area contributed by atoms with Crippen molar-refractivity contribution in [1.29, 1.82) is 0 Å². The Kier molecular flexibility index (Phi) is 2.08. The van der Waals surface area contributed by atoms with Crippen LogP contribution in [0, 0.1) is 0 Å². The van der Waals surface area contributed by atoms with Crippen molar-refractivity contribution in [3.8, 4) is 0 Å². The van der Waals surface area contributed by atoms with E-state index in [1.807, 2.05) is 0 Å². The van der Waals surface area contributed by atoms with E-state index in [9.17, 15) is 8.42 Å². The zero-order valence-electron chi connectivity index (χ0n) is 5.17. The third kappa shape index (κ3) is 2.32. The molecule has 0 unspecified atom stereocenters. The van der Waals surface area contributed by atoms with Crippen LogP contribution in [-0.4, -0.2) is 33.1 Å².